The van der Waals surface area contributed by atoms with E-state index in [0.717, 1.165) is 10.5 Å². The number of amides is 5. The number of anilines is 2. The molecule has 3 rings (SSSR count). The summed E-state index contributed by atoms with van der Waals surface area (Å²) in [6, 6.07) is 15.7. The van der Waals surface area contributed by atoms with Gasteiger partial charge in [0.05, 0.1) is 0 Å². The molecule has 0 spiro atoms. The fourth-order valence-electron chi connectivity index (χ4n) is 3.28. The Morgan fingerprint density at radius 2 is 1.57 bits per heavy atom. The molecule has 0 radical (unpaired) electrons. The van der Waals surface area contributed by atoms with Gasteiger partial charge in [0, 0.05) is 18.3 Å². The zero-order valence-electron chi connectivity index (χ0n) is 16.9. The van der Waals surface area contributed by atoms with E-state index in [1.165, 1.54) is 6.92 Å². The molecule has 2 aromatic carbocycles. The van der Waals surface area contributed by atoms with Gasteiger partial charge in [-0.05, 0) is 49.6 Å². The van der Waals surface area contributed by atoms with E-state index in [-0.39, 0.29) is 12.5 Å². The van der Waals surface area contributed by atoms with Crippen LogP contribution in [0.4, 0.5) is 16.2 Å². The summed E-state index contributed by atoms with van der Waals surface area (Å²) in [7, 11) is 0. The normalized spacial score (nSPS) is 18.1. The third-order valence-corrected chi connectivity index (χ3v) is 4.89. The van der Waals surface area contributed by atoms with Crippen LogP contribution in [-0.4, -0.2) is 40.7 Å². The molecule has 156 valence electrons. The first-order valence-corrected chi connectivity index (χ1v) is 9.62. The lowest BCUT2D eigenvalue weighted by Gasteiger charge is -2.21. The molecular formula is C22H24N4O4. The van der Waals surface area contributed by atoms with Gasteiger partial charge in [-0.25, -0.2) is 4.79 Å². The lowest BCUT2D eigenvalue weighted by atomic mass is 9.93. The summed E-state index contributed by atoms with van der Waals surface area (Å²) in [5.74, 6) is -1.10. The first-order valence-electron chi connectivity index (χ1n) is 9.62. The van der Waals surface area contributed by atoms with Crippen molar-refractivity contribution in [2.45, 2.75) is 32.2 Å². The maximum absolute atomic E-state index is 12.8. The minimum Gasteiger partial charge on any atom is -0.326 e. The Kier molecular flexibility index (Phi) is 6.15. The number of hydrogen-bond donors (Lipinski definition) is 3. The molecule has 0 saturated carbocycles. The van der Waals surface area contributed by atoms with Crippen molar-refractivity contribution < 1.29 is 19.2 Å². The van der Waals surface area contributed by atoms with Crippen LogP contribution in [0.1, 0.15) is 25.8 Å². The lowest BCUT2D eigenvalue weighted by Crippen LogP contribution is -2.45. The third kappa shape index (κ3) is 5.02. The molecule has 8 heteroatoms. The number of rotatable bonds is 7. The van der Waals surface area contributed by atoms with E-state index in [9.17, 15) is 19.2 Å². The van der Waals surface area contributed by atoms with Crippen LogP contribution in [0.2, 0.25) is 0 Å². The Bertz CT molecular complexity index is 959. The van der Waals surface area contributed by atoms with E-state index in [2.05, 4.69) is 16.0 Å². The lowest BCUT2D eigenvalue weighted by molar-refractivity contribution is -0.133. The molecule has 1 heterocycles. The first kappa shape index (κ1) is 21.0. The molecule has 1 saturated heterocycles. The molecule has 0 bridgehead atoms. The smallest absolute Gasteiger partial charge is 0.325 e. The Hall–Kier alpha value is -3.68. The Balaban J connectivity index is 1.57. The number of carbonyl (C=O) groups is 4. The Morgan fingerprint density at radius 3 is 2.17 bits per heavy atom. The molecule has 8 nitrogen and oxygen atoms in total. The number of nitrogens with zero attached hydrogens (tertiary/aromatic N) is 1. The van der Waals surface area contributed by atoms with Gasteiger partial charge in [-0.2, -0.15) is 0 Å². The van der Waals surface area contributed by atoms with Gasteiger partial charge in [-0.3, -0.25) is 19.3 Å². The summed E-state index contributed by atoms with van der Waals surface area (Å²) >= 11 is 0. The second-order valence-electron chi connectivity index (χ2n) is 7.45. The van der Waals surface area contributed by atoms with E-state index in [1.807, 2.05) is 30.3 Å². The van der Waals surface area contributed by atoms with Gasteiger partial charge in [-0.15, -0.1) is 0 Å². The van der Waals surface area contributed by atoms with Gasteiger partial charge in [0.2, 0.25) is 11.8 Å². The summed E-state index contributed by atoms with van der Waals surface area (Å²) in [5, 5.41) is 7.99. The molecule has 1 aliphatic heterocycles. The number of carbonyl (C=O) groups excluding carboxylic acids is 4. The van der Waals surface area contributed by atoms with Crippen molar-refractivity contribution in [1.82, 2.24) is 10.2 Å². The molecule has 1 fully saturated rings. The maximum Gasteiger partial charge on any atom is 0.325 e. The van der Waals surface area contributed by atoms with E-state index in [0.29, 0.717) is 24.2 Å². The monoisotopic (exact) mass is 408 g/mol. The van der Waals surface area contributed by atoms with Gasteiger partial charge in [0.15, 0.2) is 0 Å². The van der Waals surface area contributed by atoms with E-state index in [1.54, 1.807) is 31.2 Å². The number of hydrogen-bond acceptors (Lipinski definition) is 4. The van der Waals surface area contributed by atoms with Crippen molar-refractivity contribution in [1.29, 1.82) is 0 Å². The van der Waals surface area contributed by atoms with Crippen LogP contribution in [-0.2, 0) is 20.8 Å². The highest BCUT2D eigenvalue weighted by Crippen LogP contribution is 2.23. The molecule has 2 aromatic rings. The highest BCUT2D eigenvalue weighted by Gasteiger charge is 2.47. The van der Waals surface area contributed by atoms with Gasteiger partial charge in [-0.1, -0.05) is 30.3 Å². The number of nitrogens with one attached hydrogen (secondary N) is 3. The predicted octanol–water partition coefficient (Wildman–Crippen LogP) is 2.53. The fraction of sp³-hybridized carbons (Fsp3) is 0.273. The molecule has 0 aliphatic carbocycles. The van der Waals surface area contributed by atoms with Crippen LogP contribution in [0.5, 0.6) is 0 Å². The second-order valence-corrected chi connectivity index (χ2v) is 7.45. The summed E-state index contributed by atoms with van der Waals surface area (Å²) in [6.07, 6.45) is 1.06. The van der Waals surface area contributed by atoms with Gasteiger partial charge < -0.3 is 16.0 Å². The van der Waals surface area contributed by atoms with Crippen LogP contribution in [0.3, 0.4) is 0 Å². The SMILES string of the molecule is CC(=O)Nc1ccc(NC(=O)CN2C(=O)N[C@](C)(CCc3ccccc3)C2=O)cc1. The minimum absolute atomic E-state index is 0.194. The summed E-state index contributed by atoms with van der Waals surface area (Å²) < 4.78 is 0. The predicted molar refractivity (Wildman–Crippen MR) is 113 cm³/mol. The summed E-state index contributed by atoms with van der Waals surface area (Å²) in [4.78, 5) is 49.5. The van der Waals surface area contributed by atoms with Crippen molar-refractivity contribution in [2.24, 2.45) is 0 Å². The van der Waals surface area contributed by atoms with Crippen molar-refractivity contribution in [3.05, 3.63) is 60.2 Å². The standard InChI is InChI=1S/C22H24N4O4/c1-15(27)23-17-8-10-18(11-9-17)24-19(28)14-26-20(29)22(2,25-21(26)30)13-12-16-6-4-3-5-7-16/h3-11H,12-14H2,1-2H3,(H,23,27)(H,24,28)(H,25,30)/t22-/m1/s1. The first-order chi connectivity index (χ1) is 14.3. The molecule has 5 amide bonds. The quantitative estimate of drug-likeness (QED) is 0.612. The number of imide groups is 1. The molecule has 1 aliphatic rings. The summed E-state index contributed by atoms with van der Waals surface area (Å²) in [6.45, 7) is 2.70. The largest absolute Gasteiger partial charge is 0.326 e. The second kappa shape index (κ2) is 8.77. The van der Waals surface area contributed by atoms with E-state index in [4.69, 9.17) is 0 Å². The number of urea groups is 1. The maximum atomic E-state index is 12.8. The fourth-order valence-corrected chi connectivity index (χ4v) is 3.28. The van der Waals surface area contributed by atoms with Crippen LogP contribution in [0.15, 0.2) is 54.6 Å². The average molecular weight is 408 g/mol. The van der Waals surface area contributed by atoms with Crippen LogP contribution in [0.25, 0.3) is 0 Å². The molecule has 0 unspecified atom stereocenters. The van der Waals surface area contributed by atoms with E-state index >= 15 is 0 Å². The molecule has 0 aromatic heterocycles. The zero-order valence-corrected chi connectivity index (χ0v) is 16.9. The van der Waals surface area contributed by atoms with Crippen LogP contribution in [0, 0.1) is 0 Å². The number of aryl methyl sites for hydroxylation is 1. The Morgan fingerprint density at radius 1 is 0.967 bits per heavy atom. The van der Waals surface area contributed by atoms with Crippen LogP contribution >= 0.6 is 0 Å². The van der Waals surface area contributed by atoms with Crippen molar-refractivity contribution in [3.8, 4) is 0 Å². The summed E-state index contributed by atoms with van der Waals surface area (Å²) in [5.41, 5.74) is 1.11. The van der Waals surface area contributed by atoms with Gasteiger partial charge in [0.1, 0.15) is 12.1 Å². The van der Waals surface area contributed by atoms with Crippen molar-refractivity contribution >= 4 is 35.1 Å². The van der Waals surface area contributed by atoms with E-state index < -0.39 is 23.4 Å². The van der Waals surface area contributed by atoms with Crippen molar-refractivity contribution in [2.75, 3.05) is 17.2 Å². The minimum atomic E-state index is -1.05. The average Bonchev–Trinajstić information content (AvgIpc) is 2.92. The highest BCUT2D eigenvalue weighted by atomic mass is 16.2. The van der Waals surface area contributed by atoms with Crippen LogP contribution < -0.4 is 16.0 Å². The molecule has 3 N–H and O–H groups in total. The third-order valence-electron chi connectivity index (χ3n) is 4.89. The van der Waals surface area contributed by atoms with Crippen molar-refractivity contribution in [3.63, 3.8) is 0 Å². The van der Waals surface area contributed by atoms with Gasteiger partial charge in [0.25, 0.3) is 5.91 Å². The van der Waals surface area contributed by atoms with Gasteiger partial charge >= 0.3 is 6.03 Å². The molecule has 30 heavy (non-hydrogen) atoms. The zero-order chi connectivity index (χ0) is 21.7. The molecule has 1 atom stereocenters. The topological polar surface area (TPSA) is 108 Å². The Labute approximate surface area is 174 Å². The highest BCUT2D eigenvalue weighted by molar-refractivity contribution is 6.10. The number of benzene rings is 2. The molecular weight excluding hydrogens is 384 g/mol.